The van der Waals surface area contributed by atoms with Gasteiger partial charge in [0.05, 0.1) is 12.7 Å². The molecule has 0 aliphatic rings. The van der Waals surface area contributed by atoms with Crippen LogP contribution in [-0.4, -0.2) is 11.7 Å². The summed E-state index contributed by atoms with van der Waals surface area (Å²) < 4.78 is 5.53. The Hall–Kier alpha value is -1.16. The Morgan fingerprint density at radius 1 is 1.18 bits per heavy atom. The smallest absolute Gasteiger partial charge is 0.0820 e. The summed E-state index contributed by atoms with van der Waals surface area (Å²) in [5.74, 6) is 0. The third kappa shape index (κ3) is 3.97. The van der Waals surface area contributed by atoms with Gasteiger partial charge in [0, 0.05) is 13.0 Å². The van der Waals surface area contributed by atoms with Gasteiger partial charge in [-0.15, -0.1) is 0 Å². The third-order valence-electron chi connectivity index (χ3n) is 2.58. The lowest BCUT2D eigenvalue weighted by Gasteiger charge is -2.09. The lowest BCUT2D eigenvalue weighted by Crippen LogP contribution is -2.02. The Morgan fingerprint density at radius 2 is 2.00 bits per heavy atom. The molecular formula is C14H16O2S. The summed E-state index contributed by atoms with van der Waals surface area (Å²) in [4.78, 5) is 0. The fourth-order valence-electron chi connectivity index (χ4n) is 1.59. The molecule has 3 heteroatoms. The third-order valence-corrected chi connectivity index (χ3v) is 3.28. The van der Waals surface area contributed by atoms with Gasteiger partial charge in [-0.2, -0.15) is 11.3 Å². The Kier molecular flexibility index (Phi) is 4.74. The molecular weight excluding hydrogens is 232 g/mol. The number of hydrogen-bond acceptors (Lipinski definition) is 3. The first-order chi connectivity index (χ1) is 8.36. The van der Waals surface area contributed by atoms with Gasteiger partial charge >= 0.3 is 0 Å². The summed E-state index contributed by atoms with van der Waals surface area (Å²) in [7, 11) is 0. The van der Waals surface area contributed by atoms with Gasteiger partial charge in [-0.05, 0) is 28.0 Å². The Morgan fingerprint density at radius 3 is 2.71 bits per heavy atom. The van der Waals surface area contributed by atoms with E-state index in [1.54, 1.807) is 11.3 Å². The highest BCUT2D eigenvalue weighted by atomic mass is 32.1. The van der Waals surface area contributed by atoms with Gasteiger partial charge in [0.1, 0.15) is 0 Å². The monoisotopic (exact) mass is 248 g/mol. The molecule has 0 amide bonds. The van der Waals surface area contributed by atoms with Gasteiger partial charge in [-0.25, -0.2) is 0 Å². The van der Waals surface area contributed by atoms with E-state index in [1.165, 1.54) is 0 Å². The second kappa shape index (κ2) is 6.55. The summed E-state index contributed by atoms with van der Waals surface area (Å²) in [6.07, 6.45) is 0.237. The molecule has 2 rings (SSSR count). The summed E-state index contributed by atoms with van der Waals surface area (Å²) >= 11 is 1.60. The summed E-state index contributed by atoms with van der Waals surface area (Å²) in [6, 6.07) is 12.0. The minimum absolute atomic E-state index is 0.406. The van der Waals surface area contributed by atoms with Crippen LogP contribution in [0.3, 0.4) is 0 Å². The molecule has 0 fully saturated rings. The van der Waals surface area contributed by atoms with Crippen LogP contribution < -0.4 is 0 Å². The largest absolute Gasteiger partial charge is 0.388 e. The predicted molar refractivity (Wildman–Crippen MR) is 70.0 cm³/mol. The maximum absolute atomic E-state index is 9.83. The highest BCUT2D eigenvalue weighted by Gasteiger charge is 2.07. The van der Waals surface area contributed by atoms with E-state index in [2.05, 4.69) is 0 Å². The van der Waals surface area contributed by atoms with Crippen LogP contribution in [0.15, 0.2) is 47.2 Å². The van der Waals surface area contributed by atoms with Crippen molar-refractivity contribution in [1.29, 1.82) is 0 Å². The van der Waals surface area contributed by atoms with Crippen LogP contribution in [0.2, 0.25) is 0 Å². The molecule has 1 heterocycles. The second-order valence-electron chi connectivity index (χ2n) is 3.90. The predicted octanol–water partition coefficient (Wildman–Crippen LogP) is 3.39. The van der Waals surface area contributed by atoms with E-state index in [-0.39, 0.29) is 0 Å². The summed E-state index contributed by atoms with van der Waals surface area (Å²) in [5.41, 5.74) is 2.15. The van der Waals surface area contributed by atoms with Crippen molar-refractivity contribution in [3.63, 3.8) is 0 Å². The van der Waals surface area contributed by atoms with E-state index < -0.39 is 6.10 Å². The molecule has 0 aliphatic carbocycles. The average molecular weight is 248 g/mol. The van der Waals surface area contributed by atoms with E-state index >= 15 is 0 Å². The average Bonchev–Trinajstić information content (AvgIpc) is 2.89. The van der Waals surface area contributed by atoms with E-state index in [1.807, 2.05) is 47.2 Å². The van der Waals surface area contributed by atoms with Gasteiger partial charge in [-0.3, -0.25) is 0 Å². The highest BCUT2D eigenvalue weighted by Crippen LogP contribution is 2.19. The van der Waals surface area contributed by atoms with Crippen LogP contribution in [0.5, 0.6) is 0 Å². The lowest BCUT2D eigenvalue weighted by molar-refractivity contribution is 0.0735. The fourth-order valence-corrected chi connectivity index (χ4v) is 2.30. The van der Waals surface area contributed by atoms with Gasteiger partial charge in [0.2, 0.25) is 0 Å². The number of hydrogen-bond donors (Lipinski definition) is 1. The maximum atomic E-state index is 9.83. The summed E-state index contributed by atoms with van der Waals surface area (Å²) in [6.45, 7) is 1.18. The zero-order valence-electron chi connectivity index (χ0n) is 9.58. The van der Waals surface area contributed by atoms with Crippen molar-refractivity contribution in [1.82, 2.24) is 0 Å². The second-order valence-corrected chi connectivity index (χ2v) is 4.68. The normalized spacial score (nSPS) is 12.5. The number of aliphatic hydroxyl groups is 1. The van der Waals surface area contributed by atoms with Crippen LogP contribution >= 0.6 is 11.3 Å². The molecule has 2 nitrogen and oxygen atoms in total. The molecule has 0 aliphatic heterocycles. The molecule has 0 saturated carbocycles. The quantitative estimate of drug-likeness (QED) is 0.794. The van der Waals surface area contributed by atoms with Crippen molar-refractivity contribution >= 4 is 11.3 Å². The van der Waals surface area contributed by atoms with Crippen LogP contribution in [0.4, 0.5) is 0 Å². The minimum atomic E-state index is -0.406. The van der Waals surface area contributed by atoms with Crippen molar-refractivity contribution in [3.8, 4) is 0 Å². The minimum Gasteiger partial charge on any atom is -0.388 e. The van der Waals surface area contributed by atoms with Crippen LogP contribution in [0.25, 0.3) is 0 Å². The van der Waals surface area contributed by atoms with Gasteiger partial charge in [0.25, 0.3) is 0 Å². The van der Waals surface area contributed by atoms with Crippen molar-refractivity contribution in [2.24, 2.45) is 0 Å². The van der Waals surface area contributed by atoms with Gasteiger partial charge in [0.15, 0.2) is 0 Å². The first-order valence-electron chi connectivity index (χ1n) is 5.68. The van der Waals surface area contributed by atoms with Crippen LogP contribution in [-0.2, 0) is 11.3 Å². The number of rotatable bonds is 6. The standard InChI is InChI=1S/C14H16O2S/c15-14(13-7-9-17-11-13)6-8-16-10-12-4-2-1-3-5-12/h1-5,7,9,11,14-15H,6,8,10H2. The molecule has 1 N–H and O–H groups in total. The van der Waals surface area contributed by atoms with Crippen molar-refractivity contribution in [2.45, 2.75) is 19.1 Å². The van der Waals surface area contributed by atoms with E-state index in [4.69, 9.17) is 4.74 Å². The zero-order valence-corrected chi connectivity index (χ0v) is 10.4. The number of thiophene rings is 1. The number of ether oxygens (including phenoxy) is 1. The number of benzene rings is 1. The highest BCUT2D eigenvalue weighted by molar-refractivity contribution is 7.07. The molecule has 0 spiro atoms. The Balaban J connectivity index is 1.67. The molecule has 1 unspecified atom stereocenters. The van der Waals surface area contributed by atoms with Crippen LogP contribution in [0.1, 0.15) is 23.7 Å². The molecule has 2 aromatic rings. The van der Waals surface area contributed by atoms with Gasteiger partial charge < -0.3 is 9.84 Å². The first kappa shape index (κ1) is 12.3. The number of aliphatic hydroxyl groups excluding tert-OH is 1. The molecule has 0 radical (unpaired) electrons. The summed E-state index contributed by atoms with van der Waals surface area (Å²) in [5, 5.41) is 13.8. The Labute approximate surface area is 105 Å². The molecule has 0 saturated heterocycles. The Bertz CT molecular complexity index is 411. The molecule has 17 heavy (non-hydrogen) atoms. The van der Waals surface area contributed by atoms with Crippen molar-refractivity contribution < 1.29 is 9.84 Å². The van der Waals surface area contributed by atoms with E-state index in [9.17, 15) is 5.11 Å². The van der Waals surface area contributed by atoms with Gasteiger partial charge in [-0.1, -0.05) is 30.3 Å². The molecule has 90 valence electrons. The van der Waals surface area contributed by atoms with Crippen LogP contribution in [0, 0.1) is 0 Å². The fraction of sp³-hybridized carbons (Fsp3) is 0.286. The SMILES string of the molecule is OC(CCOCc1ccccc1)c1ccsc1. The van der Waals surface area contributed by atoms with E-state index in [0.717, 1.165) is 11.1 Å². The molecule has 1 aromatic carbocycles. The lowest BCUT2D eigenvalue weighted by atomic mass is 10.1. The molecule has 0 bridgehead atoms. The zero-order chi connectivity index (χ0) is 11.9. The van der Waals surface area contributed by atoms with E-state index in [0.29, 0.717) is 19.6 Å². The molecule has 1 atom stereocenters. The topological polar surface area (TPSA) is 29.5 Å². The maximum Gasteiger partial charge on any atom is 0.0820 e. The first-order valence-corrected chi connectivity index (χ1v) is 6.62. The molecule has 1 aromatic heterocycles. The van der Waals surface area contributed by atoms with Crippen molar-refractivity contribution in [3.05, 3.63) is 58.3 Å². The van der Waals surface area contributed by atoms with Crippen molar-refractivity contribution in [2.75, 3.05) is 6.61 Å².